The highest BCUT2D eigenvalue weighted by molar-refractivity contribution is 6.33. The maximum absolute atomic E-state index is 10.9. The maximum atomic E-state index is 10.9. The molecule has 0 radical (unpaired) electrons. The van der Waals surface area contributed by atoms with Crippen LogP contribution in [0.15, 0.2) is 18.2 Å². The number of halogens is 1. The topological polar surface area (TPSA) is 64.4 Å². The summed E-state index contributed by atoms with van der Waals surface area (Å²) in [6.45, 7) is 1.34. The van der Waals surface area contributed by atoms with Crippen molar-refractivity contribution >= 4 is 23.0 Å². The fraction of sp³-hybridized carbons (Fsp3) is 0.455. The van der Waals surface area contributed by atoms with Crippen LogP contribution in [0.1, 0.15) is 12.8 Å². The van der Waals surface area contributed by atoms with E-state index in [1.165, 1.54) is 6.07 Å². The second kappa shape index (κ2) is 5.33. The summed E-state index contributed by atoms with van der Waals surface area (Å²) in [5.74, 6) is 0. The van der Waals surface area contributed by atoms with E-state index in [-0.39, 0.29) is 16.8 Å². The summed E-state index contributed by atoms with van der Waals surface area (Å²) in [7, 11) is 0. The number of hydrogen-bond donors (Lipinski definition) is 1. The molecular weight excluding hydrogens is 244 g/mol. The number of rotatable bonds is 4. The van der Waals surface area contributed by atoms with E-state index in [4.69, 9.17) is 16.3 Å². The van der Waals surface area contributed by atoms with Crippen LogP contribution < -0.4 is 5.32 Å². The first-order valence-electron chi connectivity index (χ1n) is 5.47. The minimum atomic E-state index is -0.472. The van der Waals surface area contributed by atoms with Gasteiger partial charge >= 0.3 is 5.69 Å². The average Bonchev–Trinajstić information content (AvgIpc) is 2.78. The second-order valence-electron chi connectivity index (χ2n) is 3.91. The molecule has 0 saturated carbocycles. The Bertz CT molecular complexity index is 419. The van der Waals surface area contributed by atoms with Crippen molar-refractivity contribution in [3.63, 3.8) is 0 Å². The summed E-state index contributed by atoms with van der Waals surface area (Å²) < 4.78 is 5.44. The molecule has 5 nitrogen and oxygen atoms in total. The van der Waals surface area contributed by atoms with E-state index in [0.29, 0.717) is 12.2 Å². The van der Waals surface area contributed by atoms with Gasteiger partial charge in [-0.3, -0.25) is 10.1 Å². The van der Waals surface area contributed by atoms with E-state index in [0.717, 1.165) is 19.4 Å². The summed E-state index contributed by atoms with van der Waals surface area (Å²) in [5.41, 5.74) is 0.366. The standard InChI is InChI=1S/C11H13ClN2O3/c12-9-4-1-5-10(11(9)14(15)16)13-7-8-3-2-6-17-8/h1,4-5,8,13H,2-3,6-7H2. The van der Waals surface area contributed by atoms with Gasteiger partial charge < -0.3 is 10.1 Å². The van der Waals surface area contributed by atoms with Crippen molar-refractivity contribution in [2.24, 2.45) is 0 Å². The average molecular weight is 257 g/mol. The van der Waals surface area contributed by atoms with Gasteiger partial charge in [-0.1, -0.05) is 17.7 Å². The molecule has 92 valence electrons. The zero-order chi connectivity index (χ0) is 12.3. The summed E-state index contributed by atoms with van der Waals surface area (Å²) in [5, 5.41) is 14.1. The van der Waals surface area contributed by atoms with Crippen LogP contribution >= 0.6 is 11.6 Å². The molecule has 1 aliphatic heterocycles. The molecule has 0 spiro atoms. The Morgan fingerprint density at radius 2 is 2.41 bits per heavy atom. The first kappa shape index (κ1) is 12.1. The third kappa shape index (κ3) is 2.87. The highest BCUT2D eigenvalue weighted by Crippen LogP contribution is 2.32. The van der Waals surface area contributed by atoms with Crippen LogP contribution in [-0.4, -0.2) is 24.2 Å². The van der Waals surface area contributed by atoms with Gasteiger partial charge in [0.1, 0.15) is 10.7 Å². The molecule has 2 rings (SSSR count). The van der Waals surface area contributed by atoms with Crippen LogP contribution in [0, 0.1) is 10.1 Å². The molecular formula is C11H13ClN2O3. The molecule has 1 fully saturated rings. The minimum absolute atomic E-state index is 0.0767. The van der Waals surface area contributed by atoms with Gasteiger partial charge in [0.05, 0.1) is 11.0 Å². The fourth-order valence-corrected chi connectivity index (χ4v) is 2.12. The Balaban J connectivity index is 2.09. The van der Waals surface area contributed by atoms with E-state index >= 15 is 0 Å². The first-order chi connectivity index (χ1) is 8.18. The third-order valence-electron chi connectivity index (χ3n) is 2.71. The third-order valence-corrected chi connectivity index (χ3v) is 3.02. The number of benzene rings is 1. The van der Waals surface area contributed by atoms with Crippen molar-refractivity contribution in [3.8, 4) is 0 Å². The molecule has 1 aromatic rings. The monoisotopic (exact) mass is 256 g/mol. The SMILES string of the molecule is O=[N+]([O-])c1c(Cl)cccc1NCC1CCCO1. The van der Waals surface area contributed by atoms with Gasteiger partial charge in [-0.15, -0.1) is 0 Å². The van der Waals surface area contributed by atoms with E-state index in [9.17, 15) is 10.1 Å². The Kier molecular flexibility index (Phi) is 3.81. The van der Waals surface area contributed by atoms with Gasteiger partial charge in [-0.2, -0.15) is 0 Å². The van der Waals surface area contributed by atoms with Gasteiger partial charge in [0.25, 0.3) is 0 Å². The number of ether oxygens (including phenoxy) is 1. The van der Waals surface area contributed by atoms with Crippen molar-refractivity contribution in [2.75, 3.05) is 18.5 Å². The Morgan fingerprint density at radius 1 is 1.59 bits per heavy atom. The highest BCUT2D eigenvalue weighted by atomic mass is 35.5. The molecule has 0 aromatic heterocycles. The number of para-hydroxylation sites is 1. The summed E-state index contributed by atoms with van der Waals surface area (Å²) >= 11 is 5.81. The molecule has 1 atom stereocenters. The predicted molar refractivity (Wildman–Crippen MR) is 65.6 cm³/mol. The van der Waals surface area contributed by atoms with Crippen molar-refractivity contribution in [1.82, 2.24) is 0 Å². The van der Waals surface area contributed by atoms with Crippen molar-refractivity contribution < 1.29 is 9.66 Å². The molecule has 1 unspecified atom stereocenters. The van der Waals surface area contributed by atoms with Crippen LogP contribution in [0.2, 0.25) is 5.02 Å². The molecule has 1 N–H and O–H groups in total. The number of nitrogens with one attached hydrogen (secondary N) is 1. The van der Waals surface area contributed by atoms with Crippen LogP contribution in [0.3, 0.4) is 0 Å². The van der Waals surface area contributed by atoms with Gasteiger partial charge in [0.2, 0.25) is 0 Å². The molecule has 0 bridgehead atoms. The normalized spacial score (nSPS) is 19.2. The lowest BCUT2D eigenvalue weighted by Crippen LogP contribution is -2.18. The largest absolute Gasteiger partial charge is 0.377 e. The number of nitrogens with zero attached hydrogens (tertiary/aromatic N) is 1. The molecule has 17 heavy (non-hydrogen) atoms. The maximum Gasteiger partial charge on any atom is 0.310 e. The quantitative estimate of drug-likeness (QED) is 0.665. The number of nitro groups is 1. The van der Waals surface area contributed by atoms with E-state index in [1.54, 1.807) is 12.1 Å². The number of anilines is 1. The molecule has 1 aliphatic rings. The van der Waals surface area contributed by atoms with Crippen LogP contribution in [0.25, 0.3) is 0 Å². The Hall–Kier alpha value is -1.33. The van der Waals surface area contributed by atoms with Crippen molar-refractivity contribution in [1.29, 1.82) is 0 Å². The molecule has 1 aromatic carbocycles. The van der Waals surface area contributed by atoms with Gasteiger partial charge in [-0.25, -0.2) is 0 Å². The lowest BCUT2D eigenvalue weighted by molar-refractivity contribution is -0.383. The van der Waals surface area contributed by atoms with E-state index in [1.807, 2.05) is 0 Å². The molecule has 0 amide bonds. The zero-order valence-electron chi connectivity index (χ0n) is 9.19. The first-order valence-corrected chi connectivity index (χ1v) is 5.84. The van der Waals surface area contributed by atoms with Crippen molar-refractivity contribution in [2.45, 2.75) is 18.9 Å². The van der Waals surface area contributed by atoms with E-state index in [2.05, 4.69) is 5.32 Å². The summed E-state index contributed by atoms with van der Waals surface area (Å²) in [4.78, 5) is 10.4. The van der Waals surface area contributed by atoms with E-state index < -0.39 is 4.92 Å². The van der Waals surface area contributed by atoms with Crippen LogP contribution in [0.4, 0.5) is 11.4 Å². The lowest BCUT2D eigenvalue weighted by Gasteiger charge is -2.12. The molecule has 1 saturated heterocycles. The number of hydrogen-bond acceptors (Lipinski definition) is 4. The molecule has 1 heterocycles. The Labute approximate surface area is 104 Å². The highest BCUT2D eigenvalue weighted by Gasteiger charge is 2.20. The molecule has 0 aliphatic carbocycles. The Morgan fingerprint density at radius 3 is 3.06 bits per heavy atom. The fourth-order valence-electron chi connectivity index (χ4n) is 1.87. The van der Waals surface area contributed by atoms with Crippen LogP contribution in [0.5, 0.6) is 0 Å². The summed E-state index contributed by atoms with van der Waals surface area (Å²) in [6.07, 6.45) is 2.17. The molecule has 6 heteroatoms. The number of nitro benzene ring substituents is 1. The van der Waals surface area contributed by atoms with Crippen LogP contribution in [-0.2, 0) is 4.74 Å². The smallest absolute Gasteiger partial charge is 0.310 e. The van der Waals surface area contributed by atoms with Gasteiger partial charge in [-0.05, 0) is 25.0 Å². The van der Waals surface area contributed by atoms with Crippen molar-refractivity contribution in [3.05, 3.63) is 33.3 Å². The minimum Gasteiger partial charge on any atom is -0.377 e. The second-order valence-corrected chi connectivity index (χ2v) is 4.32. The summed E-state index contributed by atoms with van der Waals surface area (Å²) in [6, 6.07) is 4.85. The van der Waals surface area contributed by atoms with Gasteiger partial charge in [0.15, 0.2) is 0 Å². The lowest BCUT2D eigenvalue weighted by atomic mass is 10.2. The van der Waals surface area contributed by atoms with Gasteiger partial charge in [0, 0.05) is 13.2 Å². The predicted octanol–water partition coefficient (Wildman–Crippen LogP) is 2.84. The zero-order valence-corrected chi connectivity index (χ0v) is 9.94.